The predicted octanol–water partition coefficient (Wildman–Crippen LogP) is 1.29. The van der Waals surface area contributed by atoms with E-state index >= 15 is 0 Å². The lowest BCUT2D eigenvalue weighted by Crippen LogP contribution is -2.35. The first-order chi connectivity index (χ1) is 7.12. The van der Waals surface area contributed by atoms with Crippen LogP contribution in [0.2, 0.25) is 0 Å². The Morgan fingerprint density at radius 1 is 1.31 bits per heavy atom. The van der Waals surface area contributed by atoms with Crippen molar-refractivity contribution in [3.63, 3.8) is 0 Å². The molecule has 0 fully saturated rings. The van der Waals surface area contributed by atoms with Crippen molar-refractivity contribution in [2.75, 3.05) is 5.75 Å². The monoisotopic (exact) mass is 249 g/mol. The zero-order valence-corrected chi connectivity index (χ0v) is 11.4. The number of hydrogen-bond acceptors (Lipinski definition) is 4. The molecule has 1 unspecified atom stereocenters. The highest BCUT2D eigenvalue weighted by atomic mass is 32.2. The van der Waals surface area contributed by atoms with Gasteiger partial charge < -0.3 is 5.73 Å². The molecule has 1 atom stereocenters. The molecule has 0 aliphatic carbocycles. The van der Waals surface area contributed by atoms with Crippen LogP contribution in [-0.4, -0.2) is 30.7 Å². The highest BCUT2D eigenvalue weighted by molar-refractivity contribution is 7.92. The van der Waals surface area contributed by atoms with E-state index in [1.54, 1.807) is 20.8 Å². The fraction of sp³-hybridized carbons (Fsp3) is 0.909. The first kappa shape index (κ1) is 15.6. The summed E-state index contributed by atoms with van der Waals surface area (Å²) in [6, 6.07) is -0.514. The Bertz CT molecular complexity index is 328. The molecule has 0 bridgehead atoms. The zero-order chi connectivity index (χ0) is 13.0. The molecule has 0 aromatic rings. The number of ketones is 1. The Morgan fingerprint density at radius 3 is 2.19 bits per heavy atom. The quantitative estimate of drug-likeness (QED) is 0.769. The lowest BCUT2D eigenvalue weighted by molar-refractivity contribution is -0.120. The van der Waals surface area contributed by atoms with Crippen LogP contribution < -0.4 is 5.73 Å². The molecule has 0 aromatic carbocycles. The van der Waals surface area contributed by atoms with Crippen molar-refractivity contribution in [2.45, 2.75) is 57.7 Å². The first-order valence-corrected chi connectivity index (χ1v) is 7.27. The largest absolute Gasteiger partial charge is 0.322 e. The Labute approximate surface area is 98.5 Å². The molecule has 0 rings (SSSR count). The Balaban J connectivity index is 4.32. The average Bonchev–Trinajstić information content (AvgIpc) is 2.12. The van der Waals surface area contributed by atoms with Crippen LogP contribution in [0, 0.1) is 0 Å². The number of nitrogens with two attached hydrogens (primary N) is 1. The number of rotatable bonds is 6. The van der Waals surface area contributed by atoms with Crippen LogP contribution in [0.1, 0.15) is 47.0 Å². The maximum atomic E-state index is 11.7. The van der Waals surface area contributed by atoms with Gasteiger partial charge in [-0.15, -0.1) is 0 Å². The first-order valence-electron chi connectivity index (χ1n) is 5.62. The standard InChI is InChI=1S/C11H23NO3S/c1-5-6-9(12)10(13)7-8-16(14,15)11(2,3)4/h9H,5-8,12H2,1-4H3. The van der Waals surface area contributed by atoms with Crippen LogP contribution in [0.4, 0.5) is 0 Å². The van der Waals surface area contributed by atoms with Gasteiger partial charge in [0.2, 0.25) is 0 Å². The summed E-state index contributed by atoms with van der Waals surface area (Å²) in [5.74, 6) is -0.262. The van der Waals surface area contributed by atoms with Gasteiger partial charge >= 0.3 is 0 Å². The third-order valence-electron chi connectivity index (χ3n) is 2.56. The summed E-state index contributed by atoms with van der Waals surface area (Å²) in [5.41, 5.74) is 5.62. The van der Waals surface area contributed by atoms with Gasteiger partial charge in [-0.2, -0.15) is 0 Å². The van der Waals surface area contributed by atoms with Crippen molar-refractivity contribution >= 4 is 15.6 Å². The lowest BCUT2D eigenvalue weighted by Gasteiger charge is -2.19. The Kier molecular flexibility index (Phi) is 5.62. The van der Waals surface area contributed by atoms with Gasteiger partial charge in [0.1, 0.15) is 0 Å². The van der Waals surface area contributed by atoms with E-state index in [4.69, 9.17) is 5.73 Å². The molecule has 0 saturated heterocycles. The minimum atomic E-state index is -3.22. The molecule has 0 radical (unpaired) electrons. The Morgan fingerprint density at radius 2 is 1.81 bits per heavy atom. The second-order valence-corrected chi connectivity index (χ2v) is 7.91. The van der Waals surface area contributed by atoms with Gasteiger partial charge in [0, 0.05) is 6.42 Å². The maximum absolute atomic E-state index is 11.7. The molecule has 0 aliphatic rings. The highest BCUT2D eigenvalue weighted by Crippen LogP contribution is 2.17. The van der Waals surface area contributed by atoms with Crippen molar-refractivity contribution in [1.29, 1.82) is 0 Å². The van der Waals surface area contributed by atoms with Gasteiger partial charge in [0.25, 0.3) is 0 Å². The lowest BCUT2D eigenvalue weighted by atomic mass is 10.1. The number of hydrogen-bond donors (Lipinski definition) is 1. The van der Waals surface area contributed by atoms with Crippen LogP contribution in [0.15, 0.2) is 0 Å². The van der Waals surface area contributed by atoms with E-state index in [9.17, 15) is 13.2 Å². The third-order valence-corrected chi connectivity index (χ3v) is 5.17. The fourth-order valence-electron chi connectivity index (χ4n) is 1.20. The topological polar surface area (TPSA) is 77.2 Å². The van der Waals surface area contributed by atoms with Crippen molar-refractivity contribution in [3.05, 3.63) is 0 Å². The summed E-state index contributed by atoms with van der Waals surface area (Å²) in [4.78, 5) is 11.5. The van der Waals surface area contributed by atoms with E-state index in [1.807, 2.05) is 6.92 Å². The van der Waals surface area contributed by atoms with E-state index in [2.05, 4.69) is 0 Å². The smallest absolute Gasteiger partial charge is 0.155 e. The average molecular weight is 249 g/mol. The molecule has 2 N–H and O–H groups in total. The summed E-state index contributed by atoms with van der Waals surface area (Å²) >= 11 is 0. The molecule has 0 amide bonds. The maximum Gasteiger partial charge on any atom is 0.155 e. The van der Waals surface area contributed by atoms with Gasteiger partial charge in [0.15, 0.2) is 15.6 Å². The van der Waals surface area contributed by atoms with Gasteiger partial charge in [-0.05, 0) is 27.2 Å². The van der Waals surface area contributed by atoms with Crippen LogP contribution in [-0.2, 0) is 14.6 Å². The molecule has 5 heteroatoms. The molecule has 16 heavy (non-hydrogen) atoms. The number of carbonyl (C=O) groups is 1. The van der Waals surface area contributed by atoms with E-state index in [-0.39, 0.29) is 18.0 Å². The highest BCUT2D eigenvalue weighted by Gasteiger charge is 2.29. The van der Waals surface area contributed by atoms with Crippen LogP contribution in [0.5, 0.6) is 0 Å². The van der Waals surface area contributed by atoms with Crippen LogP contribution in [0.25, 0.3) is 0 Å². The van der Waals surface area contributed by atoms with E-state index in [1.165, 1.54) is 0 Å². The molecule has 0 heterocycles. The molecule has 0 aliphatic heterocycles. The van der Waals surface area contributed by atoms with Gasteiger partial charge in [-0.1, -0.05) is 13.3 Å². The molecular formula is C11H23NO3S. The molecule has 0 saturated carbocycles. The summed E-state index contributed by atoms with van der Waals surface area (Å²) in [7, 11) is -3.22. The minimum absolute atomic E-state index is 0.0285. The molecule has 0 spiro atoms. The zero-order valence-electron chi connectivity index (χ0n) is 10.6. The molecule has 96 valence electrons. The predicted molar refractivity (Wildman–Crippen MR) is 66.0 cm³/mol. The summed E-state index contributed by atoms with van der Waals surface area (Å²) in [6.07, 6.45) is 1.48. The van der Waals surface area contributed by atoms with Crippen molar-refractivity contribution in [2.24, 2.45) is 5.73 Å². The van der Waals surface area contributed by atoms with Crippen molar-refractivity contribution < 1.29 is 13.2 Å². The molecule has 4 nitrogen and oxygen atoms in total. The third kappa shape index (κ3) is 4.61. The van der Waals surface area contributed by atoms with Crippen LogP contribution >= 0.6 is 0 Å². The number of sulfone groups is 1. The van der Waals surface area contributed by atoms with Gasteiger partial charge in [-0.25, -0.2) is 8.42 Å². The normalized spacial score (nSPS) is 14.8. The van der Waals surface area contributed by atoms with Crippen molar-refractivity contribution in [1.82, 2.24) is 0 Å². The fourth-order valence-corrected chi connectivity index (χ4v) is 2.28. The SMILES string of the molecule is CCCC(N)C(=O)CCS(=O)(=O)C(C)(C)C. The number of carbonyl (C=O) groups excluding carboxylic acids is 1. The molecular weight excluding hydrogens is 226 g/mol. The summed E-state index contributed by atoms with van der Waals surface area (Å²) in [6.45, 7) is 6.86. The summed E-state index contributed by atoms with van der Waals surface area (Å²) in [5, 5.41) is 0. The van der Waals surface area contributed by atoms with E-state index in [0.717, 1.165) is 6.42 Å². The van der Waals surface area contributed by atoms with E-state index < -0.39 is 20.6 Å². The molecule has 0 aromatic heterocycles. The Hall–Kier alpha value is -0.420. The second kappa shape index (κ2) is 5.77. The van der Waals surface area contributed by atoms with Gasteiger partial charge in [0.05, 0.1) is 16.5 Å². The number of Topliss-reactive ketones (excluding diaryl/α,β-unsaturated/α-hetero) is 1. The second-order valence-electron chi connectivity index (χ2n) is 5.04. The minimum Gasteiger partial charge on any atom is -0.322 e. The van der Waals surface area contributed by atoms with Crippen LogP contribution in [0.3, 0.4) is 0 Å². The van der Waals surface area contributed by atoms with Gasteiger partial charge in [-0.3, -0.25) is 4.79 Å². The summed E-state index contributed by atoms with van der Waals surface area (Å²) < 4.78 is 22.7. The van der Waals surface area contributed by atoms with E-state index in [0.29, 0.717) is 6.42 Å². The van der Waals surface area contributed by atoms with Crippen molar-refractivity contribution in [3.8, 4) is 0 Å².